The molecule has 1 aromatic carbocycles. The van der Waals surface area contributed by atoms with Crippen LogP contribution in [0.15, 0.2) is 34.6 Å². The maximum absolute atomic E-state index is 13.4. The molecule has 3 aliphatic rings. The van der Waals surface area contributed by atoms with E-state index in [0.29, 0.717) is 6.54 Å². The van der Waals surface area contributed by atoms with Crippen LogP contribution in [0.5, 0.6) is 0 Å². The highest BCUT2D eigenvalue weighted by atomic mass is 16.2. The molecule has 7 nitrogen and oxygen atoms in total. The summed E-state index contributed by atoms with van der Waals surface area (Å²) in [6, 6.07) is 5.59. The summed E-state index contributed by atoms with van der Waals surface area (Å²) in [5, 5.41) is 0. The van der Waals surface area contributed by atoms with Crippen molar-refractivity contribution in [1.29, 1.82) is 0 Å². The zero-order chi connectivity index (χ0) is 21.7. The lowest BCUT2D eigenvalue weighted by molar-refractivity contribution is -0.136. The van der Waals surface area contributed by atoms with Crippen LogP contribution in [0.4, 0.5) is 10.5 Å². The number of carbonyl (C=O) groups is 2. The summed E-state index contributed by atoms with van der Waals surface area (Å²) in [6.07, 6.45) is 2.37. The normalized spacial score (nSPS) is 23.5. The predicted molar refractivity (Wildman–Crippen MR) is 118 cm³/mol. The van der Waals surface area contributed by atoms with E-state index < -0.39 is 12.2 Å². The molecular formula is C23H31N5O2. The third-order valence-corrected chi connectivity index (χ3v) is 6.48. The minimum Gasteiger partial charge on any atom is -0.302 e. The minimum atomic E-state index is -0.505. The van der Waals surface area contributed by atoms with Gasteiger partial charge in [0.05, 0.1) is 5.69 Å². The Labute approximate surface area is 178 Å². The Morgan fingerprint density at radius 2 is 1.77 bits per heavy atom. The fourth-order valence-electron chi connectivity index (χ4n) is 4.59. The smallest absolute Gasteiger partial charge is 0.302 e. The summed E-state index contributed by atoms with van der Waals surface area (Å²) in [6.45, 7) is 10.8. The van der Waals surface area contributed by atoms with Crippen molar-refractivity contribution >= 4 is 23.6 Å². The van der Waals surface area contributed by atoms with Crippen molar-refractivity contribution in [3.63, 3.8) is 0 Å². The van der Waals surface area contributed by atoms with Crippen LogP contribution in [0.25, 0.3) is 0 Å². The first kappa shape index (κ1) is 20.4. The average Bonchev–Trinajstić information content (AvgIpc) is 3.21. The van der Waals surface area contributed by atoms with Crippen LogP contribution in [0.1, 0.15) is 51.2 Å². The van der Waals surface area contributed by atoms with E-state index in [1.165, 1.54) is 10.5 Å². The van der Waals surface area contributed by atoms with Crippen LogP contribution in [0.2, 0.25) is 0 Å². The number of likely N-dealkylation sites (N-methyl/N-ethyl adjacent to an activating group) is 1. The van der Waals surface area contributed by atoms with E-state index in [1.54, 1.807) is 11.9 Å². The number of anilines is 1. The van der Waals surface area contributed by atoms with Gasteiger partial charge in [0.25, 0.3) is 5.91 Å². The van der Waals surface area contributed by atoms with Crippen molar-refractivity contribution in [2.75, 3.05) is 18.5 Å². The number of imide groups is 1. The van der Waals surface area contributed by atoms with Gasteiger partial charge in [-0.05, 0) is 51.3 Å². The van der Waals surface area contributed by atoms with Gasteiger partial charge in [0.15, 0.2) is 12.2 Å². The molecule has 3 heterocycles. The fraction of sp³-hybridized carbons (Fsp3) is 0.522. The number of allylic oxidation sites excluding steroid dienone is 2. The number of amides is 3. The lowest BCUT2D eigenvalue weighted by Crippen LogP contribution is -2.64. The first-order valence-corrected chi connectivity index (χ1v) is 10.8. The molecule has 1 aromatic rings. The maximum atomic E-state index is 13.4. The second-order valence-electron chi connectivity index (χ2n) is 8.54. The standard InChI is InChI=1S/C23H31N5O2/c1-7-8-9-12-26-21(29)19-20(25(6)23(26)30)24-22-27(16(4)17(5)28(19)22)18-13-14(2)10-11-15(18)3/h10-11,13,19-20H,7-9,12H2,1-6H3. The Morgan fingerprint density at radius 1 is 1.03 bits per heavy atom. The lowest BCUT2D eigenvalue weighted by Gasteiger charge is -2.40. The summed E-state index contributed by atoms with van der Waals surface area (Å²) in [4.78, 5) is 38.4. The lowest BCUT2D eigenvalue weighted by atomic mass is 10.1. The van der Waals surface area contributed by atoms with Gasteiger partial charge in [-0.15, -0.1) is 0 Å². The molecular weight excluding hydrogens is 378 g/mol. The number of urea groups is 1. The highest BCUT2D eigenvalue weighted by Gasteiger charge is 2.55. The van der Waals surface area contributed by atoms with Gasteiger partial charge in [-0.25, -0.2) is 9.79 Å². The Morgan fingerprint density at radius 3 is 2.47 bits per heavy atom. The topological polar surface area (TPSA) is 59.5 Å². The van der Waals surface area contributed by atoms with E-state index in [2.05, 4.69) is 50.8 Å². The van der Waals surface area contributed by atoms with Gasteiger partial charge in [0.1, 0.15) is 0 Å². The number of hydrogen-bond acceptors (Lipinski definition) is 5. The number of aryl methyl sites for hydroxylation is 2. The van der Waals surface area contributed by atoms with E-state index in [4.69, 9.17) is 4.99 Å². The summed E-state index contributed by atoms with van der Waals surface area (Å²) in [5.74, 6) is 0.588. The monoisotopic (exact) mass is 409 g/mol. The Kier molecular flexibility index (Phi) is 5.08. The number of unbranched alkanes of at least 4 members (excludes halogenated alkanes) is 2. The highest BCUT2D eigenvalue weighted by molar-refractivity contribution is 6.10. The third-order valence-electron chi connectivity index (χ3n) is 6.48. The number of rotatable bonds is 5. The van der Waals surface area contributed by atoms with E-state index in [-0.39, 0.29) is 11.9 Å². The van der Waals surface area contributed by atoms with Crippen molar-refractivity contribution in [2.24, 2.45) is 4.99 Å². The Hall–Kier alpha value is -2.83. The van der Waals surface area contributed by atoms with Gasteiger partial charge in [0.2, 0.25) is 5.96 Å². The van der Waals surface area contributed by atoms with Crippen LogP contribution >= 0.6 is 0 Å². The number of aliphatic imine (C=N–C) groups is 1. The van der Waals surface area contributed by atoms with Gasteiger partial charge in [-0.2, -0.15) is 0 Å². The predicted octanol–water partition coefficient (Wildman–Crippen LogP) is 3.83. The number of fused-ring (bicyclic) bond motifs is 3. The second-order valence-corrected chi connectivity index (χ2v) is 8.54. The van der Waals surface area contributed by atoms with E-state index >= 15 is 0 Å². The summed E-state index contributed by atoms with van der Waals surface area (Å²) in [5.41, 5.74) is 5.44. The zero-order valence-corrected chi connectivity index (χ0v) is 18.8. The van der Waals surface area contributed by atoms with Gasteiger partial charge in [-0.1, -0.05) is 31.9 Å². The third kappa shape index (κ3) is 2.90. The van der Waals surface area contributed by atoms with Crippen molar-refractivity contribution in [3.05, 3.63) is 40.7 Å². The molecule has 0 N–H and O–H groups in total. The van der Waals surface area contributed by atoms with Gasteiger partial charge in [0, 0.05) is 25.0 Å². The number of nitrogens with zero attached hydrogens (tertiary/aromatic N) is 5. The first-order valence-electron chi connectivity index (χ1n) is 10.8. The molecule has 2 atom stereocenters. The van der Waals surface area contributed by atoms with Crippen LogP contribution in [-0.4, -0.2) is 58.4 Å². The molecule has 2 unspecified atom stereocenters. The average molecular weight is 410 g/mol. The van der Waals surface area contributed by atoms with Crippen LogP contribution in [-0.2, 0) is 4.79 Å². The summed E-state index contributed by atoms with van der Waals surface area (Å²) in [7, 11) is 1.75. The Balaban J connectivity index is 1.73. The van der Waals surface area contributed by atoms with Crippen LogP contribution < -0.4 is 4.90 Å². The van der Waals surface area contributed by atoms with Crippen molar-refractivity contribution in [1.82, 2.24) is 14.7 Å². The molecule has 1 saturated heterocycles. The van der Waals surface area contributed by atoms with Crippen molar-refractivity contribution in [3.8, 4) is 0 Å². The molecule has 0 aliphatic carbocycles. The van der Waals surface area contributed by atoms with Gasteiger partial charge in [-0.3, -0.25) is 19.5 Å². The molecule has 4 rings (SSSR count). The zero-order valence-electron chi connectivity index (χ0n) is 18.8. The van der Waals surface area contributed by atoms with E-state index in [1.807, 2.05) is 11.8 Å². The summed E-state index contributed by atoms with van der Waals surface area (Å²) >= 11 is 0. The van der Waals surface area contributed by atoms with E-state index in [9.17, 15) is 9.59 Å². The number of carbonyl (C=O) groups excluding carboxylic acids is 2. The quantitative estimate of drug-likeness (QED) is 0.694. The number of guanidine groups is 1. The molecule has 0 aromatic heterocycles. The van der Waals surface area contributed by atoms with Gasteiger partial charge < -0.3 is 4.90 Å². The van der Waals surface area contributed by atoms with Gasteiger partial charge >= 0.3 is 6.03 Å². The molecule has 0 saturated carbocycles. The molecule has 0 spiro atoms. The summed E-state index contributed by atoms with van der Waals surface area (Å²) < 4.78 is 0. The SMILES string of the molecule is CCCCCN1C(=O)C2C(N=C3N(c4cc(C)ccc4C)C(C)=C(C)N32)N(C)C1=O. The Bertz CT molecular complexity index is 966. The first-order chi connectivity index (χ1) is 14.3. The molecule has 7 heteroatoms. The molecule has 3 aliphatic heterocycles. The second kappa shape index (κ2) is 7.45. The molecule has 160 valence electrons. The van der Waals surface area contributed by atoms with E-state index in [0.717, 1.165) is 47.9 Å². The maximum Gasteiger partial charge on any atom is 0.328 e. The van der Waals surface area contributed by atoms with Crippen LogP contribution in [0, 0.1) is 13.8 Å². The van der Waals surface area contributed by atoms with Crippen molar-refractivity contribution in [2.45, 2.75) is 66.1 Å². The molecule has 0 bridgehead atoms. The molecule has 3 amide bonds. The van der Waals surface area contributed by atoms with Crippen LogP contribution in [0.3, 0.4) is 0 Å². The molecule has 30 heavy (non-hydrogen) atoms. The minimum absolute atomic E-state index is 0.145. The number of hydrogen-bond donors (Lipinski definition) is 0. The largest absolute Gasteiger partial charge is 0.328 e. The highest BCUT2D eigenvalue weighted by Crippen LogP contribution is 2.41. The molecule has 1 fully saturated rings. The van der Waals surface area contributed by atoms with Crippen molar-refractivity contribution < 1.29 is 9.59 Å². The molecule has 0 radical (unpaired) electrons. The fourth-order valence-corrected chi connectivity index (χ4v) is 4.59. The number of benzene rings is 1.